The van der Waals surface area contributed by atoms with E-state index in [1.165, 1.54) is 6.07 Å². The summed E-state index contributed by atoms with van der Waals surface area (Å²) in [6.45, 7) is 6.87. The van der Waals surface area contributed by atoms with Gasteiger partial charge in [0.15, 0.2) is 6.10 Å². The highest BCUT2D eigenvalue weighted by Crippen LogP contribution is 2.25. The number of esters is 1. The first-order chi connectivity index (χ1) is 13.6. The number of nitrogens with zero attached hydrogens (tertiary/aromatic N) is 2. The number of carbonyl (C=O) groups excluding carboxylic acids is 1. The molecule has 0 amide bonds. The highest BCUT2D eigenvalue weighted by molar-refractivity contribution is 7.89. The third-order valence-electron chi connectivity index (χ3n) is 4.53. The highest BCUT2D eigenvalue weighted by Gasteiger charge is 2.22. The van der Waals surface area contributed by atoms with E-state index < -0.39 is 22.1 Å². The van der Waals surface area contributed by atoms with Gasteiger partial charge in [0.05, 0.1) is 10.5 Å². The van der Waals surface area contributed by atoms with Crippen molar-refractivity contribution < 1.29 is 22.4 Å². The maximum Gasteiger partial charge on any atom is 0.338 e. The fourth-order valence-corrected chi connectivity index (χ4v) is 3.61. The summed E-state index contributed by atoms with van der Waals surface area (Å²) in [5.74, 6) is -0.282. The van der Waals surface area contributed by atoms with E-state index in [-0.39, 0.29) is 16.3 Å². The van der Waals surface area contributed by atoms with Crippen molar-refractivity contribution in [3.8, 4) is 11.5 Å². The summed E-state index contributed by atoms with van der Waals surface area (Å²) in [6, 6.07) is 10.3. The van der Waals surface area contributed by atoms with E-state index in [0.29, 0.717) is 17.0 Å². The number of primary sulfonamides is 1. The first kappa shape index (κ1) is 20.7. The van der Waals surface area contributed by atoms with Crippen molar-refractivity contribution in [1.82, 2.24) is 10.2 Å². The van der Waals surface area contributed by atoms with E-state index in [1.807, 2.05) is 31.2 Å². The van der Waals surface area contributed by atoms with Crippen LogP contribution >= 0.6 is 0 Å². The Kier molecular flexibility index (Phi) is 5.54. The lowest BCUT2D eigenvalue weighted by molar-refractivity contribution is 0.0279. The van der Waals surface area contributed by atoms with Crippen LogP contribution in [0.15, 0.2) is 45.7 Å². The van der Waals surface area contributed by atoms with Crippen molar-refractivity contribution in [2.24, 2.45) is 5.14 Å². The molecule has 0 aliphatic rings. The molecule has 2 N–H and O–H groups in total. The molecule has 8 nitrogen and oxygen atoms in total. The minimum absolute atomic E-state index is 0.0715. The number of nitrogens with two attached hydrogens (primary N) is 1. The summed E-state index contributed by atoms with van der Waals surface area (Å²) in [5, 5.41) is 13.2. The van der Waals surface area contributed by atoms with Crippen molar-refractivity contribution in [3.63, 3.8) is 0 Å². The minimum Gasteiger partial charge on any atom is -0.449 e. The smallest absolute Gasteiger partial charge is 0.338 e. The lowest BCUT2D eigenvalue weighted by atomic mass is 10.1. The predicted molar refractivity (Wildman–Crippen MR) is 106 cm³/mol. The van der Waals surface area contributed by atoms with Gasteiger partial charge >= 0.3 is 5.97 Å². The summed E-state index contributed by atoms with van der Waals surface area (Å²) in [7, 11) is -3.97. The average molecular weight is 415 g/mol. The van der Waals surface area contributed by atoms with Crippen molar-refractivity contribution in [2.75, 3.05) is 0 Å². The average Bonchev–Trinajstić information content (AvgIpc) is 3.13. The number of ether oxygens (including phenoxy) is 1. The molecule has 0 aliphatic heterocycles. The van der Waals surface area contributed by atoms with Crippen LogP contribution in [0.25, 0.3) is 11.5 Å². The maximum atomic E-state index is 12.5. The summed E-state index contributed by atoms with van der Waals surface area (Å²) < 4.78 is 34.5. The molecular weight excluding hydrogens is 394 g/mol. The van der Waals surface area contributed by atoms with Crippen LogP contribution in [0.5, 0.6) is 0 Å². The third-order valence-corrected chi connectivity index (χ3v) is 5.57. The highest BCUT2D eigenvalue weighted by atomic mass is 32.2. The van der Waals surface area contributed by atoms with Gasteiger partial charge < -0.3 is 9.15 Å². The number of sulfonamides is 1. The molecule has 1 atom stereocenters. The molecule has 1 heterocycles. The van der Waals surface area contributed by atoms with Gasteiger partial charge in [-0.2, -0.15) is 0 Å². The minimum atomic E-state index is -3.97. The molecule has 3 rings (SSSR count). The second-order valence-electron chi connectivity index (χ2n) is 6.82. The van der Waals surface area contributed by atoms with Gasteiger partial charge in [0.25, 0.3) is 5.89 Å². The van der Waals surface area contributed by atoms with E-state index in [0.717, 1.165) is 11.1 Å². The van der Waals surface area contributed by atoms with E-state index in [9.17, 15) is 13.2 Å². The van der Waals surface area contributed by atoms with Crippen molar-refractivity contribution in [3.05, 3.63) is 64.5 Å². The molecular formula is C20H21N3O5S. The van der Waals surface area contributed by atoms with Crippen LogP contribution in [0.4, 0.5) is 0 Å². The zero-order valence-electron chi connectivity index (χ0n) is 16.5. The monoisotopic (exact) mass is 415 g/mol. The van der Waals surface area contributed by atoms with Crippen LogP contribution in [0, 0.1) is 20.8 Å². The van der Waals surface area contributed by atoms with Gasteiger partial charge in [0.2, 0.25) is 15.9 Å². The number of rotatable bonds is 5. The maximum absolute atomic E-state index is 12.5. The zero-order chi connectivity index (χ0) is 21.3. The summed E-state index contributed by atoms with van der Waals surface area (Å²) >= 11 is 0. The standard InChI is InChI=1S/C20H21N3O5S/c1-11-5-7-15(8-6-11)19-23-22-18(28-19)14(4)27-20(24)16-9-12(2)13(3)17(10-16)29(21,25)26/h5-10,14H,1-4H3,(H2,21,25,26). The van der Waals surface area contributed by atoms with E-state index in [2.05, 4.69) is 10.2 Å². The molecule has 0 spiro atoms. The molecule has 0 aliphatic carbocycles. The van der Waals surface area contributed by atoms with Crippen LogP contribution in [0.3, 0.4) is 0 Å². The van der Waals surface area contributed by atoms with E-state index in [4.69, 9.17) is 14.3 Å². The number of hydrogen-bond donors (Lipinski definition) is 1. The summed E-state index contributed by atoms with van der Waals surface area (Å²) in [4.78, 5) is 12.4. The van der Waals surface area contributed by atoms with Gasteiger partial charge in [0, 0.05) is 5.56 Å². The Bertz CT molecular complexity index is 1170. The lowest BCUT2D eigenvalue weighted by Crippen LogP contribution is -2.16. The van der Waals surface area contributed by atoms with Crippen LogP contribution < -0.4 is 5.14 Å². The molecule has 3 aromatic rings. The van der Waals surface area contributed by atoms with Gasteiger partial charge in [-0.05, 0) is 63.1 Å². The van der Waals surface area contributed by atoms with Gasteiger partial charge in [0.1, 0.15) is 0 Å². The molecule has 2 aromatic carbocycles. The number of hydrogen-bond acceptors (Lipinski definition) is 7. The van der Waals surface area contributed by atoms with E-state index >= 15 is 0 Å². The fourth-order valence-electron chi connectivity index (χ4n) is 2.73. The number of carbonyl (C=O) groups is 1. The molecule has 1 unspecified atom stereocenters. The molecule has 0 bridgehead atoms. The topological polar surface area (TPSA) is 125 Å². The molecule has 0 fully saturated rings. The molecule has 9 heteroatoms. The first-order valence-electron chi connectivity index (χ1n) is 8.81. The van der Waals surface area contributed by atoms with Gasteiger partial charge in [-0.15, -0.1) is 10.2 Å². The molecule has 1 aromatic heterocycles. The Balaban J connectivity index is 1.81. The summed E-state index contributed by atoms with van der Waals surface area (Å²) in [6.07, 6.45) is -0.825. The van der Waals surface area contributed by atoms with E-state index in [1.54, 1.807) is 26.8 Å². The SMILES string of the molecule is Cc1ccc(-c2nnc(C(C)OC(=O)c3cc(C)c(C)c(S(N)(=O)=O)c3)o2)cc1. The first-order valence-corrected chi connectivity index (χ1v) is 10.4. The van der Waals surface area contributed by atoms with Crippen molar-refractivity contribution in [1.29, 1.82) is 0 Å². The van der Waals surface area contributed by atoms with Crippen LogP contribution in [-0.2, 0) is 14.8 Å². The quantitative estimate of drug-likeness (QED) is 0.634. The Morgan fingerprint density at radius 2 is 1.76 bits per heavy atom. The Labute approximate surface area is 168 Å². The van der Waals surface area contributed by atoms with Gasteiger partial charge in [-0.25, -0.2) is 18.4 Å². The number of benzene rings is 2. The second kappa shape index (κ2) is 7.76. The van der Waals surface area contributed by atoms with Crippen LogP contribution in [0.2, 0.25) is 0 Å². The Hall–Kier alpha value is -3.04. The summed E-state index contributed by atoms with van der Waals surface area (Å²) in [5.41, 5.74) is 3.01. The van der Waals surface area contributed by atoms with Gasteiger partial charge in [-0.1, -0.05) is 17.7 Å². The molecule has 152 valence electrons. The van der Waals surface area contributed by atoms with Crippen molar-refractivity contribution in [2.45, 2.75) is 38.7 Å². The second-order valence-corrected chi connectivity index (χ2v) is 8.35. The zero-order valence-corrected chi connectivity index (χ0v) is 17.3. The van der Waals surface area contributed by atoms with Crippen LogP contribution in [0.1, 0.15) is 46.0 Å². The van der Waals surface area contributed by atoms with Crippen LogP contribution in [-0.4, -0.2) is 24.6 Å². The predicted octanol–water partition coefficient (Wildman–Crippen LogP) is 3.23. The molecule has 29 heavy (non-hydrogen) atoms. The Morgan fingerprint density at radius 3 is 2.38 bits per heavy atom. The molecule has 0 saturated carbocycles. The third kappa shape index (κ3) is 4.52. The largest absolute Gasteiger partial charge is 0.449 e. The van der Waals surface area contributed by atoms with Crippen molar-refractivity contribution >= 4 is 16.0 Å². The number of aryl methyl sites for hydroxylation is 2. The molecule has 0 saturated heterocycles. The Morgan fingerprint density at radius 1 is 1.10 bits per heavy atom. The lowest BCUT2D eigenvalue weighted by Gasteiger charge is -2.12. The normalized spacial score (nSPS) is 12.6. The van der Waals surface area contributed by atoms with Gasteiger partial charge in [-0.3, -0.25) is 0 Å². The number of aromatic nitrogens is 2. The molecule has 0 radical (unpaired) electrons. The fraction of sp³-hybridized carbons (Fsp3) is 0.250.